The fourth-order valence-corrected chi connectivity index (χ4v) is 7.49. The Morgan fingerprint density at radius 1 is 0.880 bits per heavy atom. The molecule has 11 nitrogen and oxygen atoms in total. The number of ketones is 1. The van der Waals surface area contributed by atoms with Crippen LogP contribution in [0.2, 0.25) is 0 Å². The molecule has 282 valence electrons. The molecule has 0 bridgehead atoms. The van der Waals surface area contributed by atoms with Crippen molar-refractivity contribution in [2.45, 2.75) is 151 Å². The Morgan fingerprint density at radius 3 is 2.02 bits per heavy atom. The summed E-state index contributed by atoms with van der Waals surface area (Å²) in [5.41, 5.74) is -1.92. The lowest BCUT2D eigenvalue weighted by atomic mass is 9.69. The number of hydrogen-bond acceptors (Lipinski definition) is 6. The Kier molecular flexibility index (Phi) is 13.9. The topological polar surface area (TPSA) is 154 Å². The maximum absolute atomic E-state index is 14.7. The molecule has 3 rings (SSSR count). The van der Waals surface area contributed by atoms with Gasteiger partial charge in [-0.2, -0.15) is 0 Å². The first kappa shape index (κ1) is 41.2. The summed E-state index contributed by atoms with van der Waals surface area (Å²) in [6.45, 7) is 21.3. The summed E-state index contributed by atoms with van der Waals surface area (Å²) in [5, 5.41) is 11.5. The summed E-state index contributed by atoms with van der Waals surface area (Å²) in [7, 11) is 0. The van der Waals surface area contributed by atoms with Crippen LogP contribution in [0.3, 0.4) is 0 Å². The lowest BCUT2D eigenvalue weighted by molar-refractivity contribution is -0.147. The molecule has 1 unspecified atom stereocenters. The molecule has 5 atom stereocenters. The molecule has 0 aromatic heterocycles. The van der Waals surface area contributed by atoms with Crippen molar-refractivity contribution < 1.29 is 28.8 Å². The molecule has 11 heteroatoms. The number of carbonyl (C=O) groups is 6. The highest BCUT2D eigenvalue weighted by Gasteiger charge is 2.49. The summed E-state index contributed by atoms with van der Waals surface area (Å²) >= 11 is 0. The highest BCUT2D eigenvalue weighted by molar-refractivity contribution is 6.38. The summed E-state index contributed by atoms with van der Waals surface area (Å²) in [5.74, 6) is -2.61. The van der Waals surface area contributed by atoms with Crippen molar-refractivity contribution in [3.8, 4) is 0 Å². The Bertz CT molecular complexity index is 1270. The molecule has 2 aliphatic carbocycles. The first-order valence-electron chi connectivity index (χ1n) is 18.8. The maximum Gasteiger partial charge on any atom is 0.289 e. The maximum atomic E-state index is 14.7. The third-order valence-electron chi connectivity index (χ3n) is 10.7. The smallest absolute Gasteiger partial charge is 0.289 e. The van der Waals surface area contributed by atoms with Gasteiger partial charge in [-0.1, -0.05) is 100 Å². The molecule has 0 aromatic rings. The zero-order valence-corrected chi connectivity index (χ0v) is 32.2. The Balaban J connectivity index is 1.93. The molecule has 2 saturated carbocycles. The van der Waals surface area contributed by atoms with Crippen molar-refractivity contribution in [3.05, 3.63) is 12.7 Å². The fourth-order valence-electron chi connectivity index (χ4n) is 7.49. The average Bonchev–Trinajstić information content (AvgIpc) is 3.75. The van der Waals surface area contributed by atoms with E-state index in [0.717, 1.165) is 44.9 Å². The van der Waals surface area contributed by atoms with E-state index < -0.39 is 63.9 Å². The van der Waals surface area contributed by atoms with Gasteiger partial charge in [-0.05, 0) is 60.7 Å². The van der Waals surface area contributed by atoms with Crippen molar-refractivity contribution in [3.63, 3.8) is 0 Å². The van der Waals surface area contributed by atoms with Gasteiger partial charge in [-0.15, -0.1) is 6.58 Å². The first-order valence-corrected chi connectivity index (χ1v) is 18.8. The van der Waals surface area contributed by atoms with Crippen LogP contribution in [0.15, 0.2) is 12.7 Å². The molecule has 3 fully saturated rings. The average molecular weight is 700 g/mol. The van der Waals surface area contributed by atoms with Gasteiger partial charge in [0, 0.05) is 18.5 Å². The van der Waals surface area contributed by atoms with Crippen LogP contribution in [-0.2, 0) is 28.8 Å². The molecule has 4 N–H and O–H groups in total. The highest BCUT2D eigenvalue weighted by atomic mass is 16.2. The number of nitrogens with one attached hydrogen (secondary N) is 4. The number of likely N-dealkylation sites (tertiary alicyclic amines) is 1. The van der Waals surface area contributed by atoms with Crippen molar-refractivity contribution in [2.75, 3.05) is 13.1 Å². The Labute approximate surface area is 300 Å². The van der Waals surface area contributed by atoms with E-state index in [1.54, 1.807) is 4.90 Å². The Hall–Kier alpha value is -3.24. The third-order valence-corrected chi connectivity index (χ3v) is 10.7. The lowest BCUT2D eigenvalue weighted by Gasteiger charge is -2.43. The van der Waals surface area contributed by atoms with Gasteiger partial charge >= 0.3 is 0 Å². The van der Waals surface area contributed by atoms with E-state index in [-0.39, 0.29) is 36.1 Å². The van der Waals surface area contributed by atoms with Gasteiger partial charge in [0.15, 0.2) is 0 Å². The summed E-state index contributed by atoms with van der Waals surface area (Å²) < 4.78 is 0. The van der Waals surface area contributed by atoms with Crippen LogP contribution >= 0.6 is 0 Å². The summed E-state index contributed by atoms with van der Waals surface area (Å²) in [4.78, 5) is 84.0. The van der Waals surface area contributed by atoms with Crippen LogP contribution in [0.25, 0.3) is 0 Å². The molecule has 3 aliphatic rings. The van der Waals surface area contributed by atoms with E-state index >= 15 is 0 Å². The lowest BCUT2D eigenvalue weighted by Crippen LogP contribution is -2.64. The van der Waals surface area contributed by atoms with Crippen molar-refractivity contribution in [2.24, 2.45) is 34.0 Å². The number of amides is 5. The van der Waals surface area contributed by atoms with Crippen LogP contribution in [0.1, 0.15) is 127 Å². The molecular formula is C39H65N5O6. The minimum absolute atomic E-state index is 0.135. The number of nitrogens with zero attached hydrogens (tertiary/aromatic N) is 1. The third kappa shape index (κ3) is 10.9. The zero-order valence-electron chi connectivity index (χ0n) is 32.2. The first-order chi connectivity index (χ1) is 23.2. The van der Waals surface area contributed by atoms with Crippen molar-refractivity contribution in [1.29, 1.82) is 0 Å². The molecule has 5 amide bonds. The molecule has 50 heavy (non-hydrogen) atoms. The highest BCUT2D eigenvalue weighted by Crippen LogP contribution is 2.40. The van der Waals surface area contributed by atoms with Crippen LogP contribution in [0.4, 0.5) is 0 Å². The summed E-state index contributed by atoms with van der Waals surface area (Å²) in [6, 6.07) is -3.69. The minimum atomic E-state index is -1.00. The van der Waals surface area contributed by atoms with E-state index in [4.69, 9.17) is 0 Å². The predicted octanol–water partition coefficient (Wildman–Crippen LogP) is 4.44. The van der Waals surface area contributed by atoms with Gasteiger partial charge in [-0.25, -0.2) is 0 Å². The molecule has 1 aliphatic heterocycles. The van der Waals surface area contributed by atoms with Gasteiger partial charge in [0.25, 0.3) is 5.91 Å². The molecule has 0 radical (unpaired) electrons. The number of carbonyl (C=O) groups excluding carboxylic acids is 6. The van der Waals surface area contributed by atoms with Gasteiger partial charge in [0.1, 0.15) is 18.1 Å². The van der Waals surface area contributed by atoms with Crippen LogP contribution in [0, 0.1) is 34.0 Å². The second-order valence-electron chi connectivity index (χ2n) is 17.9. The van der Waals surface area contributed by atoms with E-state index in [9.17, 15) is 28.8 Å². The normalized spacial score (nSPS) is 22.6. The summed E-state index contributed by atoms with van der Waals surface area (Å²) in [6.07, 6.45) is 9.53. The fraction of sp³-hybridized carbons (Fsp3) is 0.795. The van der Waals surface area contributed by atoms with E-state index in [1.807, 2.05) is 48.5 Å². The quantitative estimate of drug-likeness (QED) is 0.147. The zero-order chi connectivity index (χ0) is 37.6. The van der Waals surface area contributed by atoms with Crippen molar-refractivity contribution in [1.82, 2.24) is 26.2 Å². The predicted molar refractivity (Wildman–Crippen MR) is 195 cm³/mol. The van der Waals surface area contributed by atoms with Crippen LogP contribution < -0.4 is 21.3 Å². The van der Waals surface area contributed by atoms with Gasteiger partial charge < -0.3 is 26.2 Å². The SMILES string of the molecule is C=CCNC(=O)C(=O)C(CC1CC1)NC(=O)[C@@H]1[C@@H](CC(C)C)CCN1C(=O)[C@@H](NC(=O)[C@@H](NC(=O)C(C)(C)C)C1(C)CCCCC1)C(C)(C)C. The second kappa shape index (κ2) is 16.9. The number of Topliss-reactive ketones (excluding diaryl/α,β-unsaturated/α-hetero) is 1. The number of rotatable bonds is 15. The van der Waals surface area contributed by atoms with Crippen LogP contribution in [0.5, 0.6) is 0 Å². The Morgan fingerprint density at radius 2 is 1.50 bits per heavy atom. The molecule has 0 aromatic carbocycles. The van der Waals surface area contributed by atoms with Gasteiger partial charge in [-0.3, -0.25) is 28.8 Å². The van der Waals surface area contributed by atoms with E-state index in [0.29, 0.717) is 25.8 Å². The molecule has 1 heterocycles. The van der Waals surface area contributed by atoms with Crippen LogP contribution in [-0.4, -0.2) is 77.5 Å². The van der Waals surface area contributed by atoms with E-state index in [2.05, 4.69) is 41.7 Å². The van der Waals surface area contributed by atoms with Gasteiger partial charge in [0.2, 0.25) is 29.4 Å². The largest absolute Gasteiger partial charge is 0.346 e. The molecule has 1 saturated heterocycles. The number of hydrogen-bond donors (Lipinski definition) is 4. The monoisotopic (exact) mass is 699 g/mol. The van der Waals surface area contributed by atoms with Crippen molar-refractivity contribution >= 4 is 35.3 Å². The molecular weight excluding hydrogens is 634 g/mol. The standard InChI is InChI=1S/C39H65N5O6/c1-11-20-40-33(47)29(45)27(23-25-15-16-25)41-32(46)28-26(22-24(2)3)17-21-44(28)35(49)31(37(4,5)6)42-34(48)30(43-36(50)38(7,8)9)39(10)18-13-12-14-19-39/h11,24-28,30-31H,1,12-23H2,2-10H3,(H,40,47)(H,41,46)(H,42,48)(H,43,50)/t26-,27?,28+,30-,31-/m1/s1. The second-order valence-corrected chi connectivity index (χ2v) is 17.9. The minimum Gasteiger partial charge on any atom is -0.346 e. The van der Waals surface area contributed by atoms with E-state index in [1.165, 1.54) is 6.08 Å². The molecule has 0 spiro atoms. The van der Waals surface area contributed by atoms with Gasteiger partial charge in [0.05, 0.1) is 6.04 Å².